The molecule has 0 aromatic rings. The summed E-state index contributed by atoms with van der Waals surface area (Å²) in [5, 5.41) is 3.56. The monoisotopic (exact) mass is 312 g/mol. The van der Waals surface area contributed by atoms with Crippen LogP contribution >= 0.6 is 0 Å². The van der Waals surface area contributed by atoms with Crippen molar-refractivity contribution in [2.75, 3.05) is 19.7 Å². The lowest BCUT2D eigenvalue weighted by Crippen LogP contribution is -2.43. The van der Waals surface area contributed by atoms with E-state index in [2.05, 4.69) is 12.2 Å². The number of rotatable bonds is 5. The number of ether oxygens (including phenoxy) is 2. The van der Waals surface area contributed by atoms with Crippen LogP contribution in [0.4, 0.5) is 4.79 Å². The van der Waals surface area contributed by atoms with Crippen molar-refractivity contribution in [2.24, 2.45) is 0 Å². The van der Waals surface area contributed by atoms with Gasteiger partial charge in [-0.15, -0.1) is 0 Å². The number of hydrogen-bond acceptors (Lipinski definition) is 4. The standard InChI is InChI=1S/C17H32N2O3/c1-13(18-12-15-8-6-10-21-15)11-14-7-5-9-19(14)16(20)22-17(2,3)4/h13-15,18H,5-12H2,1-4H3. The van der Waals surface area contributed by atoms with Crippen LogP contribution in [0.1, 0.15) is 59.8 Å². The minimum atomic E-state index is -0.423. The van der Waals surface area contributed by atoms with Gasteiger partial charge in [-0.1, -0.05) is 0 Å². The van der Waals surface area contributed by atoms with Crippen LogP contribution in [0.2, 0.25) is 0 Å². The maximum Gasteiger partial charge on any atom is 0.410 e. The molecular formula is C17H32N2O3. The number of carbonyl (C=O) groups excluding carboxylic acids is 1. The first-order chi connectivity index (χ1) is 10.3. The highest BCUT2D eigenvalue weighted by Gasteiger charge is 2.33. The molecule has 2 saturated heterocycles. The number of likely N-dealkylation sites (tertiary alicyclic amines) is 1. The number of amides is 1. The van der Waals surface area contributed by atoms with Gasteiger partial charge in [-0.25, -0.2) is 4.79 Å². The first-order valence-electron chi connectivity index (χ1n) is 8.70. The van der Waals surface area contributed by atoms with Gasteiger partial charge in [-0.3, -0.25) is 0 Å². The zero-order valence-corrected chi connectivity index (χ0v) is 14.6. The van der Waals surface area contributed by atoms with Crippen LogP contribution in [0, 0.1) is 0 Å². The molecule has 2 aliphatic heterocycles. The Bertz CT molecular complexity index is 361. The van der Waals surface area contributed by atoms with Gasteiger partial charge >= 0.3 is 6.09 Å². The third-order valence-electron chi connectivity index (χ3n) is 4.35. The third kappa shape index (κ3) is 5.43. The van der Waals surface area contributed by atoms with Gasteiger partial charge in [0.1, 0.15) is 5.60 Å². The van der Waals surface area contributed by atoms with E-state index in [1.807, 2.05) is 25.7 Å². The molecule has 0 aliphatic carbocycles. The van der Waals surface area contributed by atoms with Gasteiger partial charge in [0.25, 0.3) is 0 Å². The Balaban J connectivity index is 1.76. The molecule has 0 bridgehead atoms. The van der Waals surface area contributed by atoms with Crippen LogP contribution in [0.5, 0.6) is 0 Å². The molecule has 0 radical (unpaired) electrons. The highest BCUT2D eigenvalue weighted by atomic mass is 16.6. The van der Waals surface area contributed by atoms with Gasteiger partial charge in [0.05, 0.1) is 6.10 Å². The van der Waals surface area contributed by atoms with E-state index in [-0.39, 0.29) is 6.09 Å². The van der Waals surface area contributed by atoms with Gasteiger partial charge in [0.15, 0.2) is 0 Å². The molecule has 3 atom stereocenters. The van der Waals surface area contributed by atoms with E-state index in [9.17, 15) is 4.79 Å². The normalized spacial score (nSPS) is 27.2. The molecule has 0 spiro atoms. The summed E-state index contributed by atoms with van der Waals surface area (Å²) in [4.78, 5) is 14.2. The Morgan fingerprint density at radius 1 is 1.36 bits per heavy atom. The zero-order chi connectivity index (χ0) is 16.2. The summed E-state index contributed by atoms with van der Waals surface area (Å²) < 4.78 is 11.2. The average Bonchev–Trinajstić information content (AvgIpc) is 3.05. The molecular weight excluding hydrogens is 280 g/mol. The van der Waals surface area contributed by atoms with Crippen molar-refractivity contribution < 1.29 is 14.3 Å². The van der Waals surface area contributed by atoms with E-state index in [1.54, 1.807) is 0 Å². The lowest BCUT2D eigenvalue weighted by Gasteiger charge is -2.30. The minimum Gasteiger partial charge on any atom is -0.444 e. The van der Waals surface area contributed by atoms with E-state index in [1.165, 1.54) is 6.42 Å². The quantitative estimate of drug-likeness (QED) is 0.848. The Kier molecular flexibility index (Phi) is 6.09. The second kappa shape index (κ2) is 7.64. The molecule has 2 fully saturated rings. The number of nitrogens with one attached hydrogen (secondary N) is 1. The molecule has 22 heavy (non-hydrogen) atoms. The van der Waals surface area contributed by atoms with Crippen molar-refractivity contribution in [3.8, 4) is 0 Å². The van der Waals surface area contributed by atoms with Crippen LogP contribution in [-0.2, 0) is 9.47 Å². The molecule has 128 valence electrons. The Morgan fingerprint density at radius 3 is 2.77 bits per heavy atom. The summed E-state index contributed by atoms with van der Waals surface area (Å²) >= 11 is 0. The highest BCUT2D eigenvalue weighted by Crippen LogP contribution is 2.24. The van der Waals surface area contributed by atoms with Crippen molar-refractivity contribution in [1.29, 1.82) is 0 Å². The molecule has 3 unspecified atom stereocenters. The number of nitrogens with zero attached hydrogens (tertiary/aromatic N) is 1. The molecule has 1 N–H and O–H groups in total. The van der Waals surface area contributed by atoms with E-state index in [0.717, 1.165) is 45.4 Å². The third-order valence-corrected chi connectivity index (χ3v) is 4.35. The molecule has 0 aromatic heterocycles. The summed E-state index contributed by atoms with van der Waals surface area (Å²) in [6.07, 6.45) is 5.66. The van der Waals surface area contributed by atoms with Crippen molar-refractivity contribution >= 4 is 6.09 Å². The fourth-order valence-electron chi connectivity index (χ4n) is 3.27. The van der Waals surface area contributed by atoms with Crippen LogP contribution in [0.3, 0.4) is 0 Å². The fourth-order valence-corrected chi connectivity index (χ4v) is 3.27. The van der Waals surface area contributed by atoms with Crippen LogP contribution in [-0.4, -0.2) is 54.5 Å². The predicted octanol–water partition coefficient (Wildman–Crippen LogP) is 2.93. The Labute approximate surface area is 134 Å². The van der Waals surface area contributed by atoms with Gasteiger partial charge < -0.3 is 19.7 Å². The summed E-state index contributed by atoms with van der Waals surface area (Å²) in [5.74, 6) is 0. The predicted molar refractivity (Wildman–Crippen MR) is 87.0 cm³/mol. The minimum absolute atomic E-state index is 0.165. The zero-order valence-electron chi connectivity index (χ0n) is 14.6. The van der Waals surface area contributed by atoms with Crippen LogP contribution in [0.25, 0.3) is 0 Å². The first-order valence-corrected chi connectivity index (χ1v) is 8.70. The topological polar surface area (TPSA) is 50.8 Å². The van der Waals surface area contributed by atoms with Crippen molar-refractivity contribution in [1.82, 2.24) is 10.2 Å². The lowest BCUT2D eigenvalue weighted by molar-refractivity contribution is 0.0213. The smallest absolute Gasteiger partial charge is 0.410 e. The molecule has 0 saturated carbocycles. The molecule has 1 amide bonds. The second-order valence-electron chi connectivity index (χ2n) is 7.65. The Morgan fingerprint density at radius 2 is 2.14 bits per heavy atom. The van der Waals surface area contributed by atoms with E-state index >= 15 is 0 Å². The maximum atomic E-state index is 12.3. The molecule has 2 rings (SSSR count). The maximum absolute atomic E-state index is 12.3. The molecule has 5 nitrogen and oxygen atoms in total. The largest absolute Gasteiger partial charge is 0.444 e. The average molecular weight is 312 g/mol. The Hall–Kier alpha value is -0.810. The van der Waals surface area contributed by atoms with Gasteiger partial charge in [-0.2, -0.15) is 0 Å². The number of carbonyl (C=O) groups is 1. The summed E-state index contributed by atoms with van der Waals surface area (Å²) in [7, 11) is 0. The van der Waals surface area contributed by atoms with Gasteiger partial charge in [-0.05, 0) is 59.8 Å². The highest BCUT2D eigenvalue weighted by molar-refractivity contribution is 5.68. The van der Waals surface area contributed by atoms with Crippen molar-refractivity contribution in [2.45, 2.75) is 83.6 Å². The van der Waals surface area contributed by atoms with E-state index in [4.69, 9.17) is 9.47 Å². The van der Waals surface area contributed by atoms with E-state index in [0.29, 0.717) is 18.2 Å². The summed E-state index contributed by atoms with van der Waals surface area (Å²) in [6.45, 7) is 10.6. The molecule has 5 heteroatoms. The first kappa shape index (κ1) is 17.5. The summed E-state index contributed by atoms with van der Waals surface area (Å²) in [5.41, 5.74) is -0.423. The van der Waals surface area contributed by atoms with Crippen LogP contribution < -0.4 is 5.32 Å². The summed E-state index contributed by atoms with van der Waals surface area (Å²) in [6, 6.07) is 0.680. The lowest BCUT2D eigenvalue weighted by atomic mass is 10.1. The molecule has 2 heterocycles. The van der Waals surface area contributed by atoms with Crippen molar-refractivity contribution in [3.63, 3.8) is 0 Å². The van der Waals surface area contributed by atoms with Crippen LogP contribution in [0.15, 0.2) is 0 Å². The van der Waals surface area contributed by atoms with Gasteiger partial charge in [0.2, 0.25) is 0 Å². The fraction of sp³-hybridized carbons (Fsp3) is 0.941. The molecule has 2 aliphatic rings. The SMILES string of the molecule is CC(CC1CCCN1C(=O)OC(C)(C)C)NCC1CCCO1. The van der Waals surface area contributed by atoms with Gasteiger partial charge in [0, 0.05) is 31.8 Å². The van der Waals surface area contributed by atoms with E-state index < -0.39 is 5.60 Å². The molecule has 0 aromatic carbocycles. The second-order valence-corrected chi connectivity index (χ2v) is 7.65. The van der Waals surface area contributed by atoms with Crippen molar-refractivity contribution in [3.05, 3.63) is 0 Å². The number of hydrogen-bond donors (Lipinski definition) is 1.